The Morgan fingerprint density at radius 2 is 2.00 bits per heavy atom. The second kappa shape index (κ2) is 11.5. The van der Waals surface area contributed by atoms with Crippen molar-refractivity contribution in [3.8, 4) is 5.75 Å². The monoisotopic (exact) mass is 441 g/mol. The predicted octanol–water partition coefficient (Wildman–Crippen LogP) is 2.92. The lowest BCUT2D eigenvalue weighted by atomic mass is 10.0. The Labute approximate surface area is 187 Å². The van der Waals surface area contributed by atoms with E-state index >= 15 is 0 Å². The molecule has 2 aromatic rings. The van der Waals surface area contributed by atoms with Crippen LogP contribution in [0.25, 0.3) is 0 Å². The van der Waals surface area contributed by atoms with Crippen molar-refractivity contribution in [2.75, 3.05) is 46.0 Å². The van der Waals surface area contributed by atoms with Crippen LogP contribution in [-0.4, -0.2) is 78.2 Å². The molecule has 3 rings (SSSR count). The summed E-state index contributed by atoms with van der Waals surface area (Å²) in [7, 11) is 0. The number of nitrogens with zero attached hydrogens (tertiary/aromatic N) is 2. The molecular weight excluding hydrogens is 414 g/mol. The van der Waals surface area contributed by atoms with Crippen molar-refractivity contribution in [3.05, 3.63) is 65.2 Å². The number of amidine groups is 1. The molecule has 1 fully saturated rings. The van der Waals surface area contributed by atoms with Crippen molar-refractivity contribution in [2.45, 2.75) is 6.42 Å². The number of ether oxygens (including phenoxy) is 2. The van der Waals surface area contributed by atoms with Crippen LogP contribution < -0.4 is 4.74 Å². The molecule has 2 N–H and O–H groups in total. The lowest BCUT2D eigenvalue weighted by Crippen LogP contribution is -2.38. The van der Waals surface area contributed by atoms with Crippen LogP contribution in [0.5, 0.6) is 5.75 Å². The smallest absolute Gasteiger partial charge is 0.335 e. The standard InChI is InChI=1S/C23H27N3O4S/c24-22(26(17-31)9-8-18-4-1-2-7-21(18)23(27)28)19-5-3-6-20(16-19)30-15-12-25-10-13-29-14-11-25/h1-7,16-17,24H,8-15H2,(H,27,28). The average molecular weight is 442 g/mol. The molecule has 2 aromatic carbocycles. The molecule has 0 spiro atoms. The van der Waals surface area contributed by atoms with Crippen LogP contribution in [0.3, 0.4) is 0 Å². The molecule has 0 atom stereocenters. The summed E-state index contributed by atoms with van der Waals surface area (Å²) in [5.74, 6) is -0.000931. The highest BCUT2D eigenvalue weighted by Gasteiger charge is 2.14. The number of hydrogen-bond donors (Lipinski definition) is 2. The van der Waals surface area contributed by atoms with Gasteiger partial charge in [-0.3, -0.25) is 10.3 Å². The van der Waals surface area contributed by atoms with Gasteiger partial charge in [0.2, 0.25) is 0 Å². The fraction of sp³-hybridized carbons (Fsp3) is 0.348. The minimum Gasteiger partial charge on any atom is -0.492 e. The molecule has 0 amide bonds. The van der Waals surface area contributed by atoms with Crippen molar-refractivity contribution in [1.29, 1.82) is 5.41 Å². The number of carboxylic acids is 1. The summed E-state index contributed by atoms with van der Waals surface area (Å²) in [6.07, 6.45) is 0.466. The highest BCUT2D eigenvalue weighted by molar-refractivity contribution is 7.78. The molecule has 1 heterocycles. The van der Waals surface area contributed by atoms with Crippen molar-refractivity contribution < 1.29 is 19.4 Å². The summed E-state index contributed by atoms with van der Waals surface area (Å²) in [5.41, 5.74) is 3.10. The molecule has 31 heavy (non-hydrogen) atoms. The van der Waals surface area contributed by atoms with Crippen molar-refractivity contribution in [2.24, 2.45) is 0 Å². The van der Waals surface area contributed by atoms with E-state index in [2.05, 4.69) is 4.90 Å². The first-order chi connectivity index (χ1) is 15.1. The molecule has 0 bridgehead atoms. The van der Waals surface area contributed by atoms with E-state index in [-0.39, 0.29) is 11.4 Å². The van der Waals surface area contributed by atoms with E-state index in [4.69, 9.17) is 27.1 Å². The normalized spacial score (nSPS) is 14.1. The molecule has 0 unspecified atom stereocenters. The van der Waals surface area contributed by atoms with Crippen molar-refractivity contribution in [3.63, 3.8) is 0 Å². The van der Waals surface area contributed by atoms with Gasteiger partial charge in [-0.15, -0.1) is 0 Å². The Balaban J connectivity index is 1.58. The summed E-state index contributed by atoms with van der Waals surface area (Å²) in [4.78, 5) is 15.4. The number of carboxylic acid groups (broad SMARTS) is 1. The van der Waals surface area contributed by atoms with Crippen LogP contribution in [0.15, 0.2) is 48.5 Å². The van der Waals surface area contributed by atoms with Gasteiger partial charge >= 0.3 is 5.97 Å². The molecule has 1 saturated heterocycles. The number of rotatable bonds is 10. The number of morpholine rings is 1. The highest BCUT2D eigenvalue weighted by atomic mass is 32.1. The van der Waals surface area contributed by atoms with Crippen LogP contribution in [-0.2, 0) is 11.2 Å². The summed E-state index contributed by atoms with van der Waals surface area (Å²) in [6, 6.07) is 14.3. The van der Waals surface area contributed by atoms with Crippen LogP contribution in [0, 0.1) is 5.41 Å². The van der Waals surface area contributed by atoms with Gasteiger partial charge < -0.3 is 19.5 Å². The molecule has 164 valence electrons. The molecular formula is C23H27N3O4S. The topological polar surface area (TPSA) is 86.1 Å². The minimum atomic E-state index is -0.957. The lowest BCUT2D eigenvalue weighted by Gasteiger charge is -2.26. The van der Waals surface area contributed by atoms with E-state index in [0.29, 0.717) is 36.4 Å². The predicted molar refractivity (Wildman–Crippen MR) is 123 cm³/mol. The first-order valence-electron chi connectivity index (χ1n) is 10.2. The van der Waals surface area contributed by atoms with Gasteiger partial charge in [0.25, 0.3) is 0 Å². The molecule has 7 nitrogen and oxygen atoms in total. The Kier molecular flexibility index (Phi) is 8.52. The zero-order chi connectivity index (χ0) is 22.1. The van der Waals surface area contributed by atoms with Gasteiger partial charge in [0.05, 0.1) is 24.3 Å². The van der Waals surface area contributed by atoms with Gasteiger partial charge in [-0.2, -0.15) is 0 Å². The summed E-state index contributed by atoms with van der Waals surface area (Å²) in [5, 5.41) is 17.9. The van der Waals surface area contributed by atoms with E-state index in [9.17, 15) is 9.90 Å². The molecule has 1 aliphatic heterocycles. The highest BCUT2D eigenvalue weighted by Crippen LogP contribution is 2.16. The molecule has 0 saturated carbocycles. The largest absolute Gasteiger partial charge is 0.492 e. The van der Waals surface area contributed by atoms with Crippen molar-refractivity contribution in [1.82, 2.24) is 9.80 Å². The first kappa shape index (κ1) is 22.9. The van der Waals surface area contributed by atoms with Crippen LogP contribution in [0.2, 0.25) is 0 Å². The van der Waals surface area contributed by atoms with Gasteiger partial charge in [0.1, 0.15) is 18.2 Å². The third-order valence-electron chi connectivity index (χ3n) is 5.17. The first-order valence-corrected chi connectivity index (χ1v) is 10.7. The fourth-order valence-electron chi connectivity index (χ4n) is 3.42. The third kappa shape index (κ3) is 6.58. The van der Waals surface area contributed by atoms with Crippen molar-refractivity contribution >= 4 is 29.5 Å². The summed E-state index contributed by atoms with van der Waals surface area (Å²) >= 11 is 5.12. The quantitative estimate of drug-likeness (QED) is 0.333. The molecule has 0 aromatic heterocycles. The number of hydrogen-bond acceptors (Lipinski definition) is 6. The molecule has 1 aliphatic rings. The minimum absolute atomic E-state index is 0.251. The third-order valence-corrected chi connectivity index (χ3v) is 5.43. The second-order valence-electron chi connectivity index (χ2n) is 7.19. The van der Waals surface area contributed by atoms with E-state index in [0.717, 1.165) is 32.8 Å². The number of benzene rings is 2. The van der Waals surface area contributed by atoms with Gasteiger partial charge in [0.15, 0.2) is 0 Å². The van der Waals surface area contributed by atoms with E-state index in [1.807, 2.05) is 30.3 Å². The number of aromatic carboxylic acids is 1. The van der Waals surface area contributed by atoms with Gasteiger partial charge in [0, 0.05) is 31.7 Å². The fourth-order valence-corrected chi connectivity index (χ4v) is 3.63. The Morgan fingerprint density at radius 1 is 1.23 bits per heavy atom. The SMILES string of the molecule is N=C(c1cccc(OCCN2CCOCC2)c1)N(C=S)CCc1ccccc1C(=O)O. The molecule has 0 radical (unpaired) electrons. The number of nitrogens with one attached hydrogen (secondary N) is 1. The zero-order valence-electron chi connectivity index (χ0n) is 17.3. The van der Waals surface area contributed by atoms with Crippen LogP contribution >= 0.6 is 12.2 Å². The second-order valence-corrected chi connectivity index (χ2v) is 7.40. The Morgan fingerprint density at radius 3 is 2.74 bits per heavy atom. The maximum absolute atomic E-state index is 11.4. The summed E-state index contributed by atoms with van der Waals surface area (Å²) in [6.45, 7) is 5.17. The molecule has 8 heteroatoms. The molecule has 0 aliphatic carbocycles. The maximum atomic E-state index is 11.4. The van der Waals surface area contributed by atoms with Gasteiger partial charge in [-0.05, 0) is 30.2 Å². The lowest BCUT2D eigenvalue weighted by molar-refractivity contribution is 0.0322. The summed E-state index contributed by atoms with van der Waals surface area (Å²) < 4.78 is 11.2. The Hall–Kier alpha value is -2.81. The van der Waals surface area contributed by atoms with Gasteiger partial charge in [-0.1, -0.05) is 42.5 Å². The maximum Gasteiger partial charge on any atom is 0.335 e. The average Bonchev–Trinajstić information content (AvgIpc) is 2.80. The van der Waals surface area contributed by atoms with Crippen LogP contribution in [0.4, 0.5) is 0 Å². The van der Waals surface area contributed by atoms with E-state index < -0.39 is 5.97 Å². The van der Waals surface area contributed by atoms with E-state index in [1.165, 1.54) is 5.49 Å². The van der Waals surface area contributed by atoms with Crippen LogP contribution in [0.1, 0.15) is 21.5 Å². The van der Waals surface area contributed by atoms with Gasteiger partial charge in [-0.25, -0.2) is 4.79 Å². The van der Waals surface area contributed by atoms with E-state index in [1.54, 1.807) is 23.1 Å². The zero-order valence-corrected chi connectivity index (χ0v) is 18.1. The number of thiocarbonyl (C=S) groups is 1. The number of carbonyl (C=O) groups is 1. The Bertz CT molecular complexity index is 915.